The Kier molecular flexibility index (Phi) is 6.60. The topological polar surface area (TPSA) is 73.9 Å². The predicted molar refractivity (Wildman–Crippen MR) is 101 cm³/mol. The third-order valence-corrected chi connectivity index (χ3v) is 4.61. The molecule has 0 spiro atoms. The number of thiocarbonyl (C=S) groups is 1. The average molecular weight is 379 g/mol. The number of carbonyl (C=O) groups is 2. The minimum absolute atomic E-state index is 0.186. The van der Waals surface area contributed by atoms with Crippen LogP contribution in [-0.2, 0) is 14.3 Å². The molecule has 0 bridgehead atoms. The van der Waals surface area contributed by atoms with Crippen LogP contribution in [0, 0.1) is 0 Å². The smallest absolute Gasteiger partial charge is 0.343 e. The number of methoxy groups -OCH3 is 2. The van der Waals surface area contributed by atoms with Gasteiger partial charge in [0.25, 0.3) is 5.91 Å². The zero-order valence-electron chi connectivity index (χ0n) is 14.0. The molecule has 2 rings (SSSR count). The van der Waals surface area contributed by atoms with Crippen molar-refractivity contribution in [1.82, 2.24) is 5.32 Å². The number of hydrogen-bond acceptors (Lipinski definition) is 7. The molecule has 0 unspecified atom stereocenters. The van der Waals surface area contributed by atoms with Crippen LogP contribution < -0.4 is 14.8 Å². The van der Waals surface area contributed by atoms with E-state index in [2.05, 4.69) is 10.1 Å². The Bertz CT molecular complexity index is 770. The molecule has 0 atom stereocenters. The third-order valence-electron chi connectivity index (χ3n) is 3.26. The Hall–Kier alpha value is -2.32. The van der Waals surface area contributed by atoms with Crippen molar-refractivity contribution < 1.29 is 23.8 Å². The highest BCUT2D eigenvalue weighted by Gasteiger charge is 2.23. The molecule has 1 aromatic carbocycles. The fourth-order valence-electron chi connectivity index (χ4n) is 1.98. The van der Waals surface area contributed by atoms with Crippen LogP contribution in [0.15, 0.2) is 34.8 Å². The van der Waals surface area contributed by atoms with E-state index in [1.165, 1.54) is 26.0 Å². The number of allylic oxidation sites excluding steroid dienone is 2. The SMILES string of the molecule is COC(=O)COc1cc(/C=C/C(C)=C2/SC(=S)NC2=O)ccc1OC. The summed E-state index contributed by atoms with van der Waals surface area (Å²) < 4.78 is 15.7. The quantitative estimate of drug-likeness (QED) is 0.463. The summed E-state index contributed by atoms with van der Waals surface area (Å²) in [5.74, 6) is 0.263. The summed E-state index contributed by atoms with van der Waals surface area (Å²) in [7, 11) is 2.81. The number of rotatable bonds is 6. The summed E-state index contributed by atoms with van der Waals surface area (Å²) in [6.45, 7) is 1.63. The third kappa shape index (κ3) is 5.07. The maximum Gasteiger partial charge on any atom is 0.343 e. The second-order valence-corrected chi connectivity index (χ2v) is 6.65. The van der Waals surface area contributed by atoms with Gasteiger partial charge in [-0.25, -0.2) is 4.79 Å². The minimum Gasteiger partial charge on any atom is -0.493 e. The number of esters is 1. The van der Waals surface area contributed by atoms with Gasteiger partial charge in [0, 0.05) is 0 Å². The van der Waals surface area contributed by atoms with Crippen LogP contribution in [0.2, 0.25) is 0 Å². The Labute approximate surface area is 155 Å². The molecule has 132 valence electrons. The lowest BCUT2D eigenvalue weighted by molar-refractivity contribution is -0.142. The van der Waals surface area contributed by atoms with Crippen molar-refractivity contribution in [2.24, 2.45) is 0 Å². The monoisotopic (exact) mass is 379 g/mol. The van der Waals surface area contributed by atoms with E-state index in [0.29, 0.717) is 20.7 Å². The maximum atomic E-state index is 11.8. The Morgan fingerprint density at radius 1 is 1.32 bits per heavy atom. The first-order valence-electron chi connectivity index (χ1n) is 7.24. The zero-order chi connectivity index (χ0) is 18.4. The van der Waals surface area contributed by atoms with Gasteiger partial charge in [-0.3, -0.25) is 4.79 Å². The van der Waals surface area contributed by atoms with Gasteiger partial charge in [-0.1, -0.05) is 42.2 Å². The van der Waals surface area contributed by atoms with E-state index >= 15 is 0 Å². The van der Waals surface area contributed by atoms with Gasteiger partial charge in [0.15, 0.2) is 18.1 Å². The van der Waals surface area contributed by atoms with E-state index in [-0.39, 0.29) is 12.5 Å². The number of benzene rings is 1. The van der Waals surface area contributed by atoms with Crippen molar-refractivity contribution in [2.75, 3.05) is 20.8 Å². The van der Waals surface area contributed by atoms with E-state index in [9.17, 15) is 9.59 Å². The van der Waals surface area contributed by atoms with Crippen molar-refractivity contribution in [1.29, 1.82) is 0 Å². The standard InChI is InChI=1S/C17H17NO5S2/c1-10(15-16(20)18-17(24)25-15)4-5-11-6-7-12(21-2)13(8-11)23-9-14(19)22-3/h4-8H,9H2,1-3H3,(H,18,20,24)/b5-4+,15-10+. The largest absolute Gasteiger partial charge is 0.493 e. The van der Waals surface area contributed by atoms with Gasteiger partial charge >= 0.3 is 5.97 Å². The van der Waals surface area contributed by atoms with Crippen molar-refractivity contribution in [2.45, 2.75) is 6.92 Å². The molecule has 0 saturated carbocycles. The molecular weight excluding hydrogens is 362 g/mol. The highest BCUT2D eigenvalue weighted by Crippen LogP contribution is 2.30. The lowest BCUT2D eigenvalue weighted by Gasteiger charge is -2.10. The van der Waals surface area contributed by atoms with Crippen molar-refractivity contribution in [3.8, 4) is 11.5 Å². The molecule has 1 aromatic rings. The normalized spacial score (nSPS) is 16.0. The summed E-state index contributed by atoms with van der Waals surface area (Å²) in [4.78, 5) is 23.6. The first kappa shape index (κ1) is 19.0. The van der Waals surface area contributed by atoms with Gasteiger partial charge < -0.3 is 19.5 Å². The summed E-state index contributed by atoms with van der Waals surface area (Å²) >= 11 is 6.22. The maximum absolute atomic E-state index is 11.8. The second kappa shape index (κ2) is 8.68. The number of amides is 1. The number of thioether (sulfide) groups is 1. The summed E-state index contributed by atoms with van der Waals surface area (Å²) in [5, 5.41) is 2.59. The van der Waals surface area contributed by atoms with Gasteiger partial charge in [-0.2, -0.15) is 0 Å². The summed E-state index contributed by atoms with van der Waals surface area (Å²) in [6, 6.07) is 5.31. The van der Waals surface area contributed by atoms with E-state index in [0.717, 1.165) is 11.1 Å². The molecule has 0 aromatic heterocycles. The minimum atomic E-state index is -0.483. The average Bonchev–Trinajstić information content (AvgIpc) is 2.95. The lowest BCUT2D eigenvalue weighted by Crippen LogP contribution is -2.18. The Balaban J connectivity index is 2.19. The molecule has 1 aliphatic rings. The Morgan fingerprint density at radius 3 is 2.68 bits per heavy atom. The molecule has 0 aliphatic carbocycles. The predicted octanol–water partition coefficient (Wildman–Crippen LogP) is 2.68. The molecule has 1 saturated heterocycles. The van der Waals surface area contributed by atoms with Crippen LogP contribution in [0.4, 0.5) is 0 Å². The van der Waals surface area contributed by atoms with Gasteiger partial charge in [0.1, 0.15) is 4.32 Å². The van der Waals surface area contributed by atoms with Crippen molar-refractivity contribution >= 4 is 46.3 Å². The molecule has 0 radical (unpaired) electrons. The first-order valence-corrected chi connectivity index (χ1v) is 8.47. The van der Waals surface area contributed by atoms with Gasteiger partial charge in [-0.05, 0) is 30.2 Å². The number of ether oxygens (including phenoxy) is 3. The fourth-order valence-corrected chi connectivity index (χ4v) is 3.02. The highest BCUT2D eigenvalue weighted by molar-refractivity contribution is 8.26. The van der Waals surface area contributed by atoms with Crippen LogP contribution in [0.1, 0.15) is 12.5 Å². The molecule has 1 aliphatic heterocycles. The molecule has 1 heterocycles. The molecule has 1 amide bonds. The zero-order valence-corrected chi connectivity index (χ0v) is 15.6. The van der Waals surface area contributed by atoms with E-state index in [1.807, 2.05) is 25.1 Å². The van der Waals surface area contributed by atoms with Crippen LogP contribution >= 0.6 is 24.0 Å². The van der Waals surface area contributed by atoms with Crippen molar-refractivity contribution in [3.63, 3.8) is 0 Å². The fraction of sp³-hybridized carbons (Fsp3) is 0.235. The summed E-state index contributed by atoms with van der Waals surface area (Å²) in [6.07, 6.45) is 3.66. The Morgan fingerprint density at radius 2 is 2.08 bits per heavy atom. The van der Waals surface area contributed by atoms with Crippen LogP contribution in [0.25, 0.3) is 6.08 Å². The van der Waals surface area contributed by atoms with E-state index in [1.54, 1.807) is 12.1 Å². The second-order valence-electron chi connectivity index (χ2n) is 4.96. The van der Waals surface area contributed by atoms with E-state index < -0.39 is 5.97 Å². The van der Waals surface area contributed by atoms with Gasteiger partial charge in [0.05, 0.1) is 19.1 Å². The number of nitrogens with one attached hydrogen (secondary N) is 1. The first-order chi connectivity index (χ1) is 11.9. The molecule has 1 N–H and O–H groups in total. The van der Waals surface area contributed by atoms with Gasteiger partial charge in [0.2, 0.25) is 0 Å². The number of carbonyl (C=O) groups excluding carboxylic acids is 2. The molecule has 1 fully saturated rings. The van der Waals surface area contributed by atoms with Crippen molar-refractivity contribution in [3.05, 3.63) is 40.3 Å². The highest BCUT2D eigenvalue weighted by atomic mass is 32.2. The molecular formula is C17H17NO5S2. The van der Waals surface area contributed by atoms with Crippen LogP contribution in [0.5, 0.6) is 11.5 Å². The lowest BCUT2D eigenvalue weighted by atomic mass is 10.1. The number of hydrogen-bond donors (Lipinski definition) is 1. The molecule has 6 nitrogen and oxygen atoms in total. The summed E-state index contributed by atoms with van der Waals surface area (Å²) in [5.41, 5.74) is 1.63. The van der Waals surface area contributed by atoms with Crippen LogP contribution in [0.3, 0.4) is 0 Å². The molecule has 25 heavy (non-hydrogen) atoms. The van der Waals surface area contributed by atoms with Gasteiger partial charge in [-0.15, -0.1) is 0 Å². The van der Waals surface area contributed by atoms with E-state index in [4.69, 9.17) is 21.7 Å². The van der Waals surface area contributed by atoms with Crippen LogP contribution in [-0.4, -0.2) is 37.0 Å². The molecule has 8 heteroatoms.